The van der Waals surface area contributed by atoms with E-state index in [0.717, 1.165) is 17.8 Å². The lowest BCUT2D eigenvalue weighted by Gasteiger charge is -2.37. The molecule has 4 rings (SSSR count). The van der Waals surface area contributed by atoms with Crippen LogP contribution in [0.25, 0.3) is 0 Å². The molecule has 0 radical (unpaired) electrons. The Hall–Kier alpha value is -3.09. The fourth-order valence-electron chi connectivity index (χ4n) is 3.31. The standard InChI is InChI=1S/C18H20N6O/c1-22-13-20-16(21-22)12-19-18(25)24-11-10-23-9-5-8-15(23)17(24)14-6-3-2-4-7-14/h2-9,13,17H,10-12H2,1H3,(H,19,25)/t17-/m1/s1. The van der Waals surface area contributed by atoms with Gasteiger partial charge in [0.1, 0.15) is 6.33 Å². The molecule has 1 atom stereocenters. The van der Waals surface area contributed by atoms with Crippen molar-refractivity contribution < 1.29 is 4.79 Å². The fourth-order valence-corrected chi connectivity index (χ4v) is 3.31. The zero-order valence-corrected chi connectivity index (χ0v) is 14.0. The van der Waals surface area contributed by atoms with Gasteiger partial charge in [0.25, 0.3) is 0 Å². The molecule has 0 saturated carbocycles. The van der Waals surface area contributed by atoms with Crippen LogP contribution in [0.1, 0.15) is 23.1 Å². The predicted molar refractivity (Wildman–Crippen MR) is 92.7 cm³/mol. The van der Waals surface area contributed by atoms with Crippen LogP contribution in [-0.2, 0) is 20.1 Å². The van der Waals surface area contributed by atoms with E-state index >= 15 is 0 Å². The Morgan fingerprint density at radius 2 is 2.04 bits per heavy atom. The third-order valence-electron chi connectivity index (χ3n) is 4.46. The molecule has 1 aromatic carbocycles. The van der Waals surface area contributed by atoms with Crippen molar-refractivity contribution in [3.05, 3.63) is 72.1 Å². The normalized spacial score (nSPS) is 16.5. The maximum atomic E-state index is 12.8. The minimum atomic E-state index is -0.103. The lowest BCUT2D eigenvalue weighted by molar-refractivity contribution is 0.168. The van der Waals surface area contributed by atoms with Gasteiger partial charge in [0, 0.05) is 32.0 Å². The molecular weight excluding hydrogens is 316 g/mol. The molecule has 0 spiro atoms. The van der Waals surface area contributed by atoms with Crippen molar-refractivity contribution in [1.29, 1.82) is 0 Å². The number of rotatable bonds is 3. The molecule has 1 aliphatic rings. The molecule has 0 aliphatic carbocycles. The molecule has 0 fully saturated rings. The van der Waals surface area contributed by atoms with Crippen LogP contribution in [0.2, 0.25) is 0 Å². The average molecular weight is 336 g/mol. The van der Waals surface area contributed by atoms with Gasteiger partial charge in [-0.3, -0.25) is 4.68 Å². The van der Waals surface area contributed by atoms with Crippen LogP contribution in [0, 0.1) is 0 Å². The Kier molecular flexibility index (Phi) is 3.97. The first-order valence-corrected chi connectivity index (χ1v) is 8.31. The van der Waals surface area contributed by atoms with Gasteiger partial charge < -0.3 is 14.8 Å². The SMILES string of the molecule is Cn1cnc(CNC(=O)N2CCn3cccc3[C@H]2c2ccccc2)n1. The Balaban J connectivity index is 1.58. The molecule has 1 N–H and O–H groups in total. The number of amides is 2. The van der Waals surface area contributed by atoms with Crippen molar-refractivity contribution in [2.75, 3.05) is 6.54 Å². The number of carbonyl (C=O) groups is 1. The van der Waals surface area contributed by atoms with Crippen molar-refractivity contribution in [3.8, 4) is 0 Å². The quantitative estimate of drug-likeness (QED) is 0.795. The second-order valence-corrected chi connectivity index (χ2v) is 6.13. The maximum Gasteiger partial charge on any atom is 0.318 e. The summed E-state index contributed by atoms with van der Waals surface area (Å²) in [6.07, 6.45) is 3.69. The zero-order valence-electron chi connectivity index (χ0n) is 14.0. The zero-order chi connectivity index (χ0) is 17.2. The Morgan fingerprint density at radius 1 is 1.20 bits per heavy atom. The summed E-state index contributed by atoms with van der Waals surface area (Å²) in [6.45, 7) is 1.77. The van der Waals surface area contributed by atoms with E-state index in [9.17, 15) is 4.79 Å². The van der Waals surface area contributed by atoms with Gasteiger partial charge in [0.05, 0.1) is 12.6 Å². The molecule has 7 nitrogen and oxygen atoms in total. The van der Waals surface area contributed by atoms with E-state index in [0.29, 0.717) is 18.9 Å². The Bertz CT molecular complexity index is 869. The topological polar surface area (TPSA) is 68.0 Å². The minimum Gasteiger partial charge on any atom is -0.348 e. The number of aromatic nitrogens is 4. The van der Waals surface area contributed by atoms with Gasteiger partial charge in [-0.25, -0.2) is 9.78 Å². The summed E-state index contributed by atoms with van der Waals surface area (Å²) < 4.78 is 3.84. The van der Waals surface area contributed by atoms with Gasteiger partial charge in [-0.05, 0) is 17.7 Å². The van der Waals surface area contributed by atoms with Gasteiger partial charge in [0.15, 0.2) is 5.82 Å². The number of hydrogen-bond donors (Lipinski definition) is 1. The molecule has 2 amide bonds. The molecular formula is C18H20N6O. The molecule has 3 heterocycles. The van der Waals surface area contributed by atoms with E-state index in [1.807, 2.05) is 36.2 Å². The molecule has 0 saturated heterocycles. The number of benzene rings is 1. The molecule has 2 aromatic heterocycles. The van der Waals surface area contributed by atoms with Crippen LogP contribution in [0.5, 0.6) is 0 Å². The van der Waals surface area contributed by atoms with Crippen LogP contribution < -0.4 is 5.32 Å². The van der Waals surface area contributed by atoms with E-state index < -0.39 is 0 Å². The summed E-state index contributed by atoms with van der Waals surface area (Å²) >= 11 is 0. The van der Waals surface area contributed by atoms with Crippen LogP contribution >= 0.6 is 0 Å². The number of carbonyl (C=O) groups excluding carboxylic acids is 1. The summed E-state index contributed by atoms with van der Waals surface area (Å²) in [5, 5.41) is 7.14. The van der Waals surface area contributed by atoms with Crippen molar-refractivity contribution in [2.45, 2.75) is 19.1 Å². The highest BCUT2D eigenvalue weighted by Crippen LogP contribution is 2.32. The van der Waals surface area contributed by atoms with E-state index in [1.54, 1.807) is 11.0 Å². The summed E-state index contributed by atoms with van der Waals surface area (Å²) in [4.78, 5) is 18.9. The van der Waals surface area contributed by atoms with Gasteiger partial charge in [-0.2, -0.15) is 5.10 Å². The van der Waals surface area contributed by atoms with Crippen molar-refractivity contribution in [2.24, 2.45) is 7.05 Å². The molecule has 3 aromatic rings. The molecule has 0 unspecified atom stereocenters. The first-order valence-electron chi connectivity index (χ1n) is 8.31. The van der Waals surface area contributed by atoms with Gasteiger partial charge in [0.2, 0.25) is 0 Å². The summed E-state index contributed by atoms with van der Waals surface area (Å²) in [5.41, 5.74) is 2.23. The first-order chi connectivity index (χ1) is 12.2. The maximum absolute atomic E-state index is 12.8. The lowest BCUT2D eigenvalue weighted by atomic mass is 10.0. The second kappa shape index (κ2) is 6.43. The fraction of sp³-hybridized carbons (Fsp3) is 0.278. The van der Waals surface area contributed by atoms with Gasteiger partial charge >= 0.3 is 6.03 Å². The number of nitrogens with one attached hydrogen (secondary N) is 1. The second-order valence-electron chi connectivity index (χ2n) is 6.13. The van der Waals surface area contributed by atoms with Crippen LogP contribution in [0.15, 0.2) is 55.0 Å². The first kappa shape index (κ1) is 15.4. The highest BCUT2D eigenvalue weighted by Gasteiger charge is 2.31. The number of fused-ring (bicyclic) bond motifs is 1. The predicted octanol–water partition coefficient (Wildman–Crippen LogP) is 1.93. The van der Waals surface area contributed by atoms with Gasteiger partial charge in [-0.1, -0.05) is 30.3 Å². The number of urea groups is 1. The largest absolute Gasteiger partial charge is 0.348 e. The Morgan fingerprint density at radius 3 is 2.80 bits per heavy atom. The van der Waals surface area contributed by atoms with Gasteiger partial charge in [-0.15, -0.1) is 0 Å². The highest BCUT2D eigenvalue weighted by atomic mass is 16.2. The van der Waals surface area contributed by atoms with E-state index in [1.165, 1.54) is 0 Å². The summed E-state index contributed by atoms with van der Waals surface area (Å²) in [7, 11) is 1.81. The molecule has 7 heteroatoms. The molecule has 0 bridgehead atoms. The monoisotopic (exact) mass is 336 g/mol. The number of hydrogen-bond acceptors (Lipinski definition) is 3. The van der Waals surface area contributed by atoms with E-state index in [2.05, 4.69) is 44.4 Å². The molecule has 1 aliphatic heterocycles. The van der Waals surface area contributed by atoms with Crippen LogP contribution in [0.4, 0.5) is 4.79 Å². The summed E-state index contributed by atoms with van der Waals surface area (Å²) in [5.74, 6) is 0.604. The smallest absolute Gasteiger partial charge is 0.318 e. The Labute approximate surface area is 145 Å². The molecule has 25 heavy (non-hydrogen) atoms. The minimum absolute atomic E-state index is 0.0957. The van der Waals surface area contributed by atoms with Crippen LogP contribution in [-0.4, -0.2) is 36.8 Å². The van der Waals surface area contributed by atoms with Crippen molar-refractivity contribution in [3.63, 3.8) is 0 Å². The number of aryl methyl sites for hydroxylation is 1. The lowest BCUT2D eigenvalue weighted by Crippen LogP contribution is -2.47. The number of nitrogens with zero attached hydrogens (tertiary/aromatic N) is 5. The average Bonchev–Trinajstić information content (AvgIpc) is 3.28. The third-order valence-corrected chi connectivity index (χ3v) is 4.46. The van der Waals surface area contributed by atoms with E-state index in [-0.39, 0.29) is 12.1 Å². The van der Waals surface area contributed by atoms with Crippen molar-refractivity contribution in [1.82, 2.24) is 29.5 Å². The van der Waals surface area contributed by atoms with Crippen LogP contribution in [0.3, 0.4) is 0 Å². The van der Waals surface area contributed by atoms with Crippen molar-refractivity contribution >= 4 is 6.03 Å². The summed E-state index contributed by atoms with van der Waals surface area (Å²) in [6, 6.07) is 14.0. The molecule has 128 valence electrons. The highest BCUT2D eigenvalue weighted by molar-refractivity contribution is 5.75. The third kappa shape index (κ3) is 3.00. The van der Waals surface area contributed by atoms with E-state index in [4.69, 9.17) is 0 Å².